The molecule has 0 bridgehead atoms. The molecule has 0 atom stereocenters. The molecule has 31 heavy (non-hydrogen) atoms. The monoisotopic (exact) mass is 427 g/mol. The third-order valence-electron chi connectivity index (χ3n) is 4.56. The van der Waals surface area contributed by atoms with Crippen LogP contribution in [0.25, 0.3) is 10.6 Å². The van der Waals surface area contributed by atoms with E-state index in [0.717, 1.165) is 26.6 Å². The summed E-state index contributed by atoms with van der Waals surface area (Å²) in [6, 6.07) is 27.3. The molecule has 0 unspecified atom stereocenters. The van der Waals surface area contributed by atoms with Crippen molar-refractivity contribution in [2.24, 2.45) is 5.10 Å². The van der Waals surface area contributed by atoms with E-state index in [0.29, 0.717) is 18.1 Å². The van der Waals surface area contributed by atoms with Crippen molar-refractivity contribution in [2.75, 3.05) is 0 Å². The van der Waals surface area contributed by atoms with Gasteiger partial charge in [0.1, 0.15) is 23.1 Å². The first-order valence-corrected chi connectivity index (χ1v) is 10.6. The van der Waals surface area contributed by atoms with Gasteiger partial charge in [-0.2, -0.15) is 5.10 Å². The predicted molar refractivity (Wildman–Crippen MR) is 125 cm³/mol. The van der Waals surface area contributed by atoms with Gasteiger partial charge < -0.3 is 4.74 Å². The Morgan fingerprint density at radius 3 is 2.45 bits per heavy atom. The number of hydrazone groups is 1. The standard InChI is InChI=1S/C25H21N3O2S/c1-18-23(27-25(31-18)20-12-6-3-7-13-20)24(29)28-26-16-21-14-8-9-15-22(21)30-17-19-10-4-2-5-11-19/h2-16H,17H2,1H3,(H,28,29)/b26-16-. The second-order valence-corrected chi connectivity index (χ2v) is 8.00. The fraction of sp³-hybridized carbons (Fsp3) is 0.0800. The Balaban J connectivity index is 1.42. The van der Waals surface area contributed by atoms with Gasteiger partial charge in [0.05, 0.1) is 6.21 Å². The number of rotatable bonds is 7. The van der Waals surface area contributed by atoms with E-state index in [1.807, 2.05) is 91.9 Å². The van der Waals surface area contributed by atoms with E-state index in [2.05, 4.69) is 15.5 Å². The minimum absolute atomic E-state index is 0.338. The Bertz CT molecular complexity index is 1190. The van der Waals surface area contributed by atoms with Crippen LogP contribution >= 0.6 is 11.3 Å². The summed E-state index contributed by atoms with van der Waals surface area (Å²) in [6.07, 6.45) is 1.58. The molecule has 0 saturated carbocycles. The first-order valence-electron chi connectivity index (χ1n) is 9.83. The molecule has 5 nitrogen and oxygen atoms in total. The van der Waals surface area contributed by atoms with E-state index < -0.39 is 0 Å². The smallest absolute Gasteiger partial charge is 0.291 e. The zero-order chi connectivity index (χ0) is 21.5. The number of amides is 1. The molecule has 1 amide bonds. The summed E-state index contributed by atoms with van der Waals surface area (Å²) in [4.78, 5) is 17.9. The second-order valence-electron chi connectivity index (χ2n) is 6.80. The van der Waals surface area contributed by atoms with Crippen LogP contribution in [0.3, 0.4) is 0 Å². The maximum Gasteiger partial charge on any atom is 0.291 e. The molecule has 1 aromatic heterocycles. The van der Waals surface area contributed by atoms with E-state index in [1.54, 1.807) is 6.21 Å². The minimum Gasteiger partial charge on any atom is -0.488 e. The SMILES string of the molecule is Cc1sc(-c2ccccc2)nc1C(=O)N/N=C\c1ccccc1OCc1ccccc1. The van der Waals surface area contributed by atoms with Crippen molar-refractivity contribution in [1.29, 1.82) is 0 Å². The van der Waals surface area contributed by atoms with E-state index in [4.69, 9.17) is 4.74 Å². The van der Waals surface area contributed by atoms with Gasteiger partial charge in [-0.15, -0.1) is 11.3 Å². The van der Waals surface area contributed by atoms with Crippen molar-refractivity contribution in [2.45, 2.75) is 13.5 Å². The highest BCUT2D eigenvalue weighted by molar-refractivity contribution is 7.15. The van der Waals surface area contributed by atoms with Crippen LogP contribution in [0.4, 0.5) is 0 Å². The van der Waals surface area contributed by atoms with E-state index >= 15 is 0 Å². The Morgan fingerprint density at radius 1 is 1.00 bits per heavy atom. The Morgan fingerprint density at radius 2 is 1.68 bits per heavy atom. The Labute approximate surface area is 185 Å². The molecule has 4 rings (SSSR count). The summed E-state index contributed by atoms with van der Waals surface area (Å²) in [5.41, 5.74) is 5.80. The molecular formula is C25H21N3O2S. The zero-order valence-corrected chi connectivity index (χ0v) is 17.8. The van der Waals surface area contributed by atoms with Gasteiger partial charge in [-0.05, 0) is 24.6 Å². The summed E-state index contributed by atoms with van der Waals surface area (Å²) >= 11 is 1.49. The lowest BCUT2D eigenvalue weighted by atomic mass is 10.2. The number of aryl methyl sites for hydroxylation is 1. The number of carbonyl (C=O) groups excluding carboxylic acids is 1. The maximum absolute atomic E-state index is 12.6. The molecule has 0 fully saturated rings. The number of para-hydroxylation sites is 1. The first-order chi connectivity index (χ1) is 15.2. The van der Waals surface area contributed by atoms with E-state index in [1.165, 1.54) is 11.3 Å². The van der Waals surface area contributed by atoms with Gasteiger partial charge in [0.25, 0.3) is 5.91 Å². The van der Waals surface area contributed by atoms with Crippen molar-refractivity contribution in [1.82, 2.24) is 10.4 Å². The van der Waals surface area contributed by atoms with Gasteiger partial charge in [0.15, 0.2) is 0 Å². The van der Waals surface area contributed by atoms with Crippen molar-refractivity contribution in [3.05, 3.63) is 107 Å². The van der Waals surface area contributed by atoms with Crippen LogP contribution in [0.5, 0.6) is 5.75 Å². The number of ether oxygens (including phenoxy) is 1. The molecule has 0 aliphatic carbocycles. The topological polar surface area (TPSA) is 63.6 Å². The Hall–Kier alpha value is -3.77. The number of thiazole rings is 1. The van der Waals surface area contributed by atoms with Crippen LogP contribution in [0.1, 0.15) is 26.5 Å². The van der Waals surface area contributed by atoms with Gasteiger partial charge in [-0.1, -0.05) is 72.8 Å². The number of hydrogen-bond donors (Lipinski definition) is 1. The van der Waals surface area contributed by atoms with Gasteiger partial charge in [-0.3, -0.25) is 4.79 Å². The van der Waals surface area contributed by atoms with Crippen LogP contribution < -0.4 is 10.2 Å². The van der Waals surface area contributed by atoms with Crippen molar-refractivity contribution < 1.29 is 9.53 Å². The maximum atomic E-state index is 12.6. The number of nitrogens with zero attached hydrogens (tertiary/aromatic N) is 2. The quantitative estimate of drug-likeness (QED) is 0.315. The molecule has 0 spiro atoms. The number of benzene rings is 3. The van der Waals surface area contributed by atoms with Crippen LogP contribution in [-0.2, 0) is 6.61 Å². The average molecular weight is 428 g/mol. The summed E-state index contributed by atoms with van der Waals surface area (Å²) in [5.74, 6) is 0.357. The highest BCUT2D eigenvalue weighted by Gasteiger charge is 2.15. The Kier molecular flexibility index (Phi) is 6.50. The molecule has 4 aromatic rings. The van der Waals surface area contributed by atoms with Crippen molar-refractivity contribution in [3.8, 4) is 16.3 Å². The average Bonchev–Trinajstić information content (AvgIpc) is 3.21. The summed E-state index contributed by atoms with van der Waals surface area (Å²) in [5, 5.41) is 4.93. The highest BCUT2D eigenvalue weighted by atomic mass is 32.1. The van der Waals surface area contributed by atoms with Gasteiger partial charge >= 0.3 is 0 Å². The van der Waals surface area contributed by atoms with Crippen LogP contribution in [0.2, 0.25) is 0 Å². The lowest BCUT2D eigenvalue weighted by Crippen LogP contribution is -2.19. The fourth-order valence-electron chi connectivity index (χ4n) is 2.98. The molecule has 154 valence electrons. The minimum atomic E-state index is -0.338. The highest BCUT2D eigenvalue weighted by Crippen LogP contribution is 2.27. The van der Waals surface area contributed by atoms with Crippen LogP contribution in [-0.4, -0.2) is 17.1 Å². The van der Waals surface area contributed by atoms with E-state index in [9.17, 15) is 4.79 Å². The molecule has 0 radical (unpaired) electrons. The van der Waals surface area contributed by atoms with Crippen molar-refractivity contribution in [3.63, 3.8) is 0 Å². The summed E-state index contributed by atoms with van der Waals surface area (Å²) in [7, 11) is 0. The fourth-order valence-corrected chi connectivity index (χ4v) is 3.89. The first kappa shape index (κ1) is 20.5. The lowest BCUT2D eigenvalue weighted by Gasteiger charge is -2.08. The number of hydrogen-bond acceptors (Lipinski definition) is 5. The van der Waals surface area contributed by atoms with Gasteiger partial charge in [-0.25, -0.2) is 10.4 Å². The molecular weight excluding hydrogens is 406 g/mol. The molecule has 0 aliphatic rings. The molecule has 6 heteroatoms. The van der Waals surface area contributed by atoms with Crippen molar-refractivity contribution >= 4 is 23.5 Å². The molecule has 1 N–H and O–H groups in total. The number of carbonyl (C=O) groups is 1. The summed E-state index contributed by atoms with van der Waals surface area (Å²) < 4.78 is 5.92. The van der Waals surface area contributed by atoms with Gasteiger partial charge in [0.2, 0.25) is 0 Å². The zero-order valence-electron chi connectivity index (χ0n) is 17.0. The second kappa shape index (κ2) is 9.82. The molecule has 0 aliphatic heterocycles. The predicted octanol–water partition coefficient (Wildman–Crippen LogP) is 5.46. The molecule has 1 heterocycles. The van der Waals surface area contributed by atoms with Gasteiger partial charge in [0, 0.05) is 16.0 Å². The third kappa shape index (κ3) is 5.24. The lowest BCUT2D eigenvalue weighted by molar-refractivity contribution is 0.0950. The number of aromatic nitrogens is 1. The normalized spacial score (nSPS) is 10.9. The number of nitrogens with one attached hydrogen (secondary N) is 1. The van der Waals surface area contributed by atoms with Crippen LogP contribution in [0.15, 0.2) is 90.0 Å². The summed E-state index contributed by atoms with van der Waals surface area (Å²) in [6.45, 7) is 2.34. The third-order valence-corrected chi connectivity index (χ3v) is 5.58. The molecule has 0 saturated heterocycles. The van der Waals surface area contributed by atoms with E-state index in [-0.39, 0.29) is 5.91 Å². The molecule has 3 aromatic carbocycles. The largest absolute Gasteiger partial charge is 0.488 e. The van der Waals surface area contributed by atoms with Crippen LogP contribution in [0, 0.1) is 6.92 Å².